The van der Waals surface area contributed by atoms with Gasteiger partial charge in [0.25, 0.3) is 0 Å². The number of fused-ring (bicyclic) bond motifs is 21. The van der Waals surface area contributed by atoms with E-state index in [0.29, 0.717) is 11.8 Å². The minimum Gasteiger partial charge on any atom is -0.457 e. The van der Waals surface area contributed by atoms with Gasteiger partial charge in [-0.05, 0) is 182 Å². The SMILES string of the molecule is CC(C)(C)c1ccc2c(c1)C1(c3ccccc3Oc3ccc(N(c4ccc5c(c4)C4(c6ccccc6O5)c5cc(C6CCCCC6)ccc5-c5ccc(C6CCCCC6)cc54)c4cccc5oc6ccccc6c45)cc31)c1cc(C(C)(C)C)ccc1-2. The average Bonchev–Trinajstić information content (AvgIpc) is 1.48. The third-order valence-electron chi connectivity index (χ3n) is 21.1. The van der Waals surface area contributed by atoms with Gasteiger partial charge in [0.1, 0.15) is 34.2 Å². The normalized spacial score (nSPS) is 17.0. The molecule has 4 nitrogen and oxygen atoms in total. The van der Waals surface area contributed by atoms with Crippen LogP contribution in [0.15, 0.2) is 205 Å². The van der Waals surface area contributed by atoms with Crippen LogP contribution in [-0.2, 0) is 21.7 Å². The fourth-order valence-corrected chi connectivity index (χ4v) is 16.9. The van der Waals surface area contributed by atoms with E-state index in [-0.39, 0.29) is 10.8 Å². The molecule has 0 N–H and O–H groups in total. The summed E-state index contributed by atoms with van der Waals surface area (Å²) < 4.78 is 21.4. The molecule has 2 fully saturated rings. The summed E-state index contributed by atoms with van der Waals surface area (Å²) >= 11 is 0. The zero-order valence-electron chi connectivity index (χ0n) is 50.5. The predicted octanol–water partition coefficient (Wildman–Crippen LogP) is 22.7. The van der Waals surface area contributed by atoms with Crippen molar-refractivity contribution in [3.63, 3.8) is 0 Å². The van der Waals surface area contributed by atoms with Gasteiger partial charge in [-0.2, -0.15) is 0 Å². The molecule has 6 aliphatic rings. The molecule has 0 atom stereocenters. The molecule has 4 heteroatoms. The highest BCUT2D eigenvalue weighted by Crippen LogP contribution is 2.66. The Morgan fingerprint density at radius 1 is 0.360 bits per heavy atom. The zero-order chi connectivity index (χ0) is 57.8. The predicted molar refractivity (Wildman–Crippen MR) is 352 cm³/mol. The summed E-state index contributed by atoms with van der Waals surface area (Å²) in [6, 6.07) is 76.8. The van der Waals surface area contributed by atoms with Gasteiger partial charge in [-0.1, -0.05) is 214 Å². The molecule has 11 aromatic rings. The number of benzene rings is 10. The van der Waals surface area contributed by atoms with Crippen LogP contribution >= 0.6 is 0 Å². The lowest BCUT2D eigenvalue weighted by molar-refractivity contribution is 0.433. The van der Waals surface area contributed by atoms with E-state index < -0.39 is 10.8 Å². The number of para-hydroxylation sites is 3. The first kappa shape index (κ1) is 51.8. The zero-order valence-corrected chi connectivity index (χ0v) is 50.5. The molecule has 0 unspecified atom stereocenters. The first-order valence-corrected chi connectivity index (χ1v) is 32.0. The highest BCUT2D eigenvalue weighted by atomic mass is 16.5. The second-order valence-electron chi connectivity index (χ2n) is 27.9. The molecule has 0 saturated heterocycles. The molecule has 4 aliphatic carbocycles. The summed E-state index contributed by atoms with van der Waals surface area (Å²) in [5.41, 5.74) is 23.9. The molecule has 1 aromatic heterocycles. The molecule has 17 rings (SSSR count). The Kier molecular flexibility index (Phi) is 11.4. The molecule has 0 radical (unpaired) electrons. The Labute approximate surface area is 506 Å². The first-order chi connectivity index (χ1) is 41.9. The van der Waals surface area contributed by atoms with Crippen molar-refractivity contribution in [1.29, 1.82) is 0 Å². The molecule has 2 saturated carbocycles. The minimum atomic E-state index is -0.728. The van der Waals surface area contributed by atoms with Gasteiger partial charge >= 0.3 is 0 Å². The van der Waals surface area contributed by atoms with Crippen molar-refractivity contribution in [3.05, 3.63) is 267 Å². The largest absolute Gasteiger partial charge is 0.457 e. The van der Waals surface area contributed by atoms with Crippen LogP contribution in [0.5, 0.6) is 23.0 Å². The quantitative estimate of drug-likeness (QED) is 0.172. The standard InChI is InChI=1S/C82H73NO3/c1-79(2,3)54-34-40-60-61-41-35-55(80(4,5)6)47-68(61)82(67(60)46-54)64-26-15-18-30-74(64)86-76-43-37-57(49-70(76)82)83(71-27-19-31-77-78(71)62-24-13-16-28-72(62)84-77)56-36-42-75-69(48-56)81(63-25-14-17-29-73(63)85-75)65-44-52(50-20-9-7-10-21-50)32-38-58(65)59-39-33-53(45-66(59)81)51-22-11-8-12-23-51/h13-19,24-51H,7-12,20-23H2,1-6H3. The summed E-state index contributed by atoms with van der Waals surface area (Å²) in [7, 11) is 0. The van der Waals surface area contributed by atoms with Gasteiger partial charge in [-0.3, -0.25) is 0 Å². The van der Waals surface area contributed by atoms with E-state index in [9.17, 15) is 0 Å². The molecule has 0 amide bonds. The van der Waals surface area contributed by atoms with Gasteiger partial charge in [0, 0.05) is 39.0 Å². The van der Waals surface area contributed by atoms with Crippen LogP contribution in [0.1, 0.15) is 184 Å². The lowest BCUT2D eigenvalue weighted by Gasteiger charge is -2.41. The smallest absolute Gasteiger partial charge is 0.137 e. The third-order valence-corrected chi connectivity index (χ3v) is 21.1. The van der Waals surface area contributed by atoms with Gasteiger partial charge in [-0.25, -0.2) is 0 Å². The highest BCUT2D eigenvalue weighted by molar-refractivity contribution is 6.13. The maximum Gasteiger partial charge on any atom is 0.137 e. The lowest BCUT2D eigenvalue weighted by atomic mass is 9.64. The Hall–Kier alpha value is -8.60. The molecular weight excluding hydrogens is 1050 g/mol. The maximum absolute atomic E-state index is 7.30. The van der Waals surface area contributed by atoms with Crippen molar-refractivity contribution < 1.29 is 13.9 Å². The number of ether oxygens (including phenoxy) is 2. The van der Waals surface area contributed by atoms with E-state index in [1.54, 1.807) is 0 Å². The first-order valence-electron chi connectivity index (χ1n) is 32.0. The second kappa shape index (κ2) is 18.9. The van der Waals surface area contributed by atoms with E-state index in [4.69, 9.17) is 13.9 Å². The molecule has 3 heterocycles. The number of furan rings is 1. The lowest BCUT2D eigenvalue weighted by Crippen LogP contribution is -2.33. The third kappa shape index (κ3) is 7.47. The molecule has 2 spiro atoms. The van der Waals surface area contributed by atoms with Crippen LogP contribution in [-0.4, -0.2) is 0 Å². The van der Waals surface area contributed by atoms with Gasteiger partial charge in [-0.15, -0.1) is 0 Å². The Morgan fingerprint density at radius 2 is 0.791 bits per heavy atom. The second-order valence-corrected chi connectivity index (χ2v) is 27.9. The fourth-order valence-electron chi connectivity index (χ4n) is 16.9. The van der Waals surface area contributed by atoms with Crippen molar-refractivity contribution in [2.45, 2.75) is 139 Å². The van der Waals surface area contributed by atoms with Gasteiger partial charge in [0.2, 0.25) is 0 Å². The van der Waals surface area contributed by atoms with Crippen molar-refractivity contribution >= 4 is 39.0 Å². The van der Waals surface area contributed by atoms with Crippen molar-refractivity contribution in [2.75, 3.05) is 4.90 Å². The van der Waals surface area contributed by atoms with Crippen LogP contribution in [0.4, 0.5) is 17.1 Å². The summed E-state index contributed by atoms with van der Waals surface area (Å²) in [6.07, 6.45) is 12.7. The topological polar surface area (TPSA) is 34.8 Å². The number of rotatable bonds is 5. The average molecular weight is 1120 g/mol. The molecular formula is C82H73NO3. The number of anilines is 3. The number of hydrogen-bond acceptors (Lipinski definition) is 4. The van der Waals surface area contributed by atoms with E-state index in [1.165, 1.54) is 142 Å². The van der Waals surface area contributed by atoms with Crippen LogP contribution in [0.3, 0.4) is 0 Å². The fraction of sp³-hybridized carbons (Fsp3) is 0.268. The molecule has 424 valence electrons. The van der Waals surface area contributed by atoms with Gasteiger partial charge < -0.3 is 18.8 Å². The highest BCUT2D eigenvalue weighted by Gasteiger charge is 2.54. The monoisotopic (exact) mass is 1120 g/mol. The van der Waals surface area contributed by atoms with Crippen molar-refractivity contribution in [2.24, 2.45) is 0 Å². The van der Waals surface area contributed by atoms with Crippen LogP contribution in [0.25, 0.3) is 44.2 Å². The van der Waals surface area contributed by atoms with Crippen molar-refractivity contribution in [3.8, 4) is 45.3 Å². The van der Waals surface area contributed by atoms with E-state index in [2.05, 4.69) is 247 Å². The molecule has 10 aromatic carbocycles. The Morgan fingerprint density at radius 3 is 1.29 bits per heavy atom. The van der Waals surface area contributed by atoms with Gasteiger partial charge in [0.05, 0.1) is 21.9 Å². The summed E-state index contributed by atoms with van der Waals surface area (Å²) in [6.45, 7) is 14.0. The Balaban J connectivity index is 0.960. The van der Waals surface area contributed by atoms with Crippen LogP contribution in [0.2, 0.25) is 0 Å². The summed E-state index contributed by atoms with van der Waals surface area (Å²) in [4.78, 5) is 2.52. The molecule has 0 bridgehead atoms. The summed E-state index contributed by atoms with van der Waals surface area (Å²) in [5, 5.41) is 2.15. The maximum atomic E-state index is 7.30. The number of nitrogens with zero attached hydrogens (tertiary/aromatic N) is 1. The number of hydrogen-bond donors (Lipinski definition) is 0. The minimum absolute atomic E-state index is 0.0942. The van der Waals surface area contributed by atoms with E-state index in [0.717, 1.165) is 73.1 Å². The van der Waals surface area contributed by atoms with Crippen LogP contribution in [0, 0.1) is 0 Å². The van der Waals surface area contributed by atoms with Crippen molar-refractivity contribution in [1.82, 2.24) is 0 Å². The van der Waals surface area contributed by atoms with Crippen LogP contribution < -0.4 is 14.4 Å². The summed E-state index contributed by atoms with van der Waals surface area (Å²) in [5.74, 6) is 4.63. The van der Waals surface area contributed by atoms with E-state index in [1.807, 2.05) is 0 Å². The Bertz CT molecular complexity index is 4470. The van der Waals surface area contributed by atoms with E-state index >= 15 is 0 Å². The molecule has 2 aliphatic heterocycles. The van der Waals surface area contributed by atoms with Gasteiger partial charge in [0.15, 0.2) is 0 Å². The molecule has 86 heavy (non-hydrogen) atoms.